The van der Waals surface area contributed by atoms with E-state index in [0.717, 1.165) is 36.8 Å². The number of nitrogens with zero attached hydrogens (tertiary/aromatic N) is 1. The van der Waals surface area contributed by atoms with Crippen molar-refractivity contribution in [1.82, 2.24) is 0 Å². The van der Waals surface area contributed by atoms with Gasteiger partial charge in [-0.1, -0.05) is 23.8 Å². The van der Waals surface area contributed by atoms with Crippen LogP contribution in [0, 0.1) is 5.92 Å². The number of rotatable bonds is 7. The Morgan fingerprint density at radius 2 is 1.83 bits per heavy atom. The van der Waals surface area contributed by atoms with Crippen molar-refractivity contribution in [2.45, 2.75) is 44.8 Å². The van der Waals surface area contributed by atoms with Crippen molar-refractivity contribution in [3.05, 3.63) is 56.4 Å². The van der Waals surface area contributed by atoms with E-state index >= 15 is 0 Å². The fourth-order valence-electron chi connectivity index (χ4n) is 4.81. The van der Waals surface area contributed by atoms with Gasteiger partial charge in [0.05, 0.1) is 29.4 Å². The molecule has 4 nitrogen and oxygen atoms in total. The molecule has 3 saturated heterocycles. The third kappa shape index (κ3) is 4.08. The molecule has 0 spiro atoms. The lowest BCUT2D eigenvalue weighted by molar-refractivity contribution is -0.945. The van der Waals surface area contributed by atoms with Crippen LogP contribution in [-0.4, -0.2) is 47.8 Å². The Kier molecular flexibility index (Phi) is 5.98. The van der Waals surface area contributed by atoms with E-state index in [1.165, 1.54) is 41.3 Å². The number of fused-ring (bicyclic) bond motifs is 3. The average molecular weight is 433 g/mol. The van der Waals surface area contributed by atoms with Gasteiger partial charge >= 0.3 is 5.97 Å². The van der Waals surface area contributed by atoms with Gasteiger partial charge in [0.2, 0.25) is 5.60 Å². The third-order valence-electron chi connectivity index (χ3n) is 6.51. The van der Waals surface area contributed by atoms with E-state index < -0.39 is 11.6 Å². The number of carbonyl (C=O) groups is 1. The van der Waals surface area contributed by atoms with E-state index in [-0.39, 0.29) is 6.10 Å². The molecule has 1 N–H and O–H groups in total. The molecular formula is C23H30NO3S2+. The Hall–Kier alpha value is -1.47. The molecule has 156 valence electrons. The fourth-order valence-corrected chi connectivity index (χ4v) is 6.52. The summed E-state index contributed by atoms with van der Waals surface area (Å²) in [5, 5.41) is 15.3. The van der Waals surface area contributed by atoms with E-state index in [2.05, 4.69) is 19.9 Å². The number of piperidine rings is 3. The molecular weight excluding hydrogens is 402 g/mol. The normalized spacial score (nSPS) is 26.3. The molecule has 0 saturated carbocycles. The molecule has 5 rings (SSSR count). The van der Waals surface area contributed by atoms with Gasteiger partial charge in [0.1, 0.15) is 6.54 Å². The highest BCUT2D eigenvalue weighted by atomic mass is 32.1. The van der Waals surface area contributed by atoms with E-state index in [1.54, 1.807) is 0 Å². The molecule has 3 fully saturated rings. The molecule has 0 amide bonds. The van der Waals surface area contributed by atoms with Crippen LogP contribution in [0.1, 0.15) is 42.9 Å². The van der Waals surface area contributed by atoms with Crippen LogP contribution in [0.2, 0.25) is 0 Å². The first-order valence-electron chi connectivity index (χ1n) is 10.4. The van der Waals surface area contributed by atoms with Crippen LogP contribution in [0.4, 0.5) is 0 Å². The second-order valence-corrected chi connectivity index (χ2v) is 10.6. The highest BCUT2D eigenvalue weighted by Crippen LogP contribution is 2.40. The van der Waals surface area contributed by atoms with Crippen molar-refractivity contribution in [2.24, 2.45) is 5.92 Å². The van der Waals surface area contributed by atoms with E-state index in [4.69, 9.17) is 4.74 Å². The molecule has 3 aliphatic heterocycles. The Morgan fingerprint density at radius 1 is 1.21 bits per heavy atom. The zero-order valence-electron chi connectivity index (χ0n) is 17.2. The Balaban J connectivity index is 1.52. The Labute approximate surface area is 181 Å². The van der Waals surface area contributed by atoms with Crippen molar-refractivity contribution in [2.75, 3.05) is 26.2 Å². The van der Waals surface area contributed by atoms with Gasteiger partial charge in [-0.25, -0.2) is 4.79 Å². The monoisotopic (exact) mass is 432 g/mol. The molecule has 29 heavy (non-hydrogen) atoms. The Morgan fingerprint density at radius 3 is 2.34 bits per heavy atom. The molecule has 6 heteroatoms. The molecule has 1 atom stereocenters. The highest BCUT2D eigenvalue weighted by molar-refractivity contribution is 7.12. The Bertz CT molecular complexity index is 811. The van der Waals surface area contributed by atoms with Crippen molar-refractivity contribution >= 4 is 28.6 Å². The van der Waals surface area contributed by atoms with Crippen LogP contribution < -0.4 is 0 Å². The van der Waals surface area contributed by atoms with Gasteiger partial charge in [-0.3, -0.25) is 0 Å². The largest absolute Gasteiger partial charge is 0.453 e. The summed E-state index contributed by atoms with van der Waals surface area (Å²) in [6.07, 6.45) is 5.47. The van der Waals surface area contributed by atoms with Crippen LogP contribution in [0.3, 0.4) is 0 Å². The molecule has 0 aliphatic carbocycles. The van der Waals surface area contributed by atoms with Crippen molar-refractivity contribution in [3.8, 4) is 0 Å². The van der Waals surface area contributed by atoms with Crippen molar-refractivity contribution < 1.29 is 19.1 Å². The minimum Gasteiger partial charge on any atom is -0.453 e. The first-order chi connectivity index (χ1) is 13.9. The van der Waals surface area contributed by atoms with Crippen LogP contribution in [0.5, 0.6) is 0 Å². The maximum Gasteiger partial charge on any atom is 0.349 e. The predicted octanol–water partition coefficient (Wildman–Crippen LogP) is 4.55. The van der Waals surface area contributed by atoms with Gasteiger partial charge in [-0.05, 0) is 36.7 Å². The van der Waals surface area contributed by atoms with Gasteiger partial charge in [0, 0.05) is 25.2 Å². The summed E-state index contributed by atoms with van der Waals surface area (Å²) in [6.45, 7) is 8.61. The molecule has 2 aromatic rings. The molecule has 2 bridgehead atoms. The molecule has 0 radical (unpaired) electrons. The lowest BCUT2D eigenvalue weighted by atomic mass is 9.83. The minimum atomic E-state index is -1.71. The standard InChI is InChI=1S/C23H30NO3S2/c1-17(2)6-3-11-24-12-9-18(10-13-24)19(16-24)27-22(25)23(26,20-7-4-14-28-20)21-8-5-15-29-21/h4-8,14-15,18-19,26H,3,9-13,16H2,1-2H3/q+1/t18?,19-,24?/m0/s1. The summed E-state index contributed by atoms with van der Waals surface area (Å²) < 4.78 is 7.12. The maximum absolute atomic E-state index is 13.3. The topological polar surface area (TPSA) is 46.5 Å². The summed E-state index contributed by atoms with van der Waals surface area (Å²) in [4.78, 5) is 14.6. The molecule has 3 aliphatic rings. The second kappa shape index (κ2) is 8.34. The van der Waals surface area contributed by atoms with E-state index in [0.29, 0.717) is 15.7 Å². The van der Waals surface area contributed by atoms with Gasteiger partial charge in [-0.2, -0.15) is 0 Å². The number of quaternary nitrogens is 1. The van der Waals surface area contributed by atoms with Gasteiger partial charge < -0.3 is 14.3 Å². The first kappa shape index (κ1) is 20.8. The van der Waals surface area contributed by atoms with Crippen molar-refractivity contribution in [3.63, 3.8) is 0 Å². The summed E-state index contributed by atoms with van der Waals surface area (Å²) in [5.41, 5.74) is -0.351. The zero-order chi connectivity index (χ0) is 20.5. The molecule has 0 aromatic carbocycles. The summed E-state index contributed by atoms with van der Waals surface area (Å²) in [5.74, 6) is -0.109. The van der Waals surface area contributed by atoms with Gasteiger partial charge in [0.15, 0.2) is 6.10 Å². The minimum absolute atomic E-state index is 0.108. The molecule has 2 aromatic heterocycles. The van der Waals surface area contributed by atoms with E-state index in [9.17, 15) is 9.90 Å². The average Bonchev–Trinajstić information content (AvgIpc) is 3.42. The smallest absolute Gasteiger partial charge is 0.349 e. The summed E-state index contributed by atoms with van der Waals surface area (Å²) >= 11 is 2.78. The van der Waals surface area contributed by atoms with E-state index in [1.807, 2.05) is 35.0 Å². The number of hydrogen-bond donors (Lipinski definition) is 1. The van der Waals surface area contributed by atoms with Gasteiger partial charge in [-0.15, -0.1) is 22.7 Å². The van der Waals surface area contributed by atoms with Crippen molar-refractivity contribution in [1.29, 1.82) is 0 Å². The van der Waals surface area contributed by atoms with Crippen LogP contribution in [0.15, 0.2) is 46.7 Å². The maximum atomic E-state index is 13.3. The third-order valence-corrected chi connectivity index (χ3v) is 8.46. The van der Waals surface area contributed by atoms with Crippen LogP contribution in [-0.2, 0) is 15.1 Å². The number of ether oxygens (including phenoxy) is 1. The highest BCUT2D eigenvalue weighted by Gasteiger charge is 2.50. The predicted molar refractivity (Wildman–Crippen MR) is 118 cm³/mol. The van der Waals surface area contributed by atoms with Gasteiger partial charge in [0.25, 0.3) is 0 Å². The fraction of sp³-hybridized carbons (Fsp3) is 0.522. The summed E-state index contributed by atoms with van der Waals surface area (Å²) in [6, 6.07) is 7.36. The lowest BCUT2D eigenvalue weighted by Gasteiger charge is -2.52. The van der Waals surface area contributed by atoms with Crippen LogP contribution >= 0.6 is 22.7 Å². The second-order valence-electron chi connectivity index (χ2n) is 8.71. The molecule has 5 heterocycles. The first-order valence-corrected chi connectivity index (χ1v) is 12.2. The van der Waals surface area contributed by atoms with Crippen LogP contribution in [0.25, 0.3) is 0 Å². The SMILES string of the molecule is CC(C)=CCC[N+]12CCC(CC1)[C@@H](OC(=O)C(O)(c1cccs1)c1cccs1)C2. The number of aliphatic hydroxyl groups is 1. The zero-order valence-corrected chi connectivity index (χ0v) is 18.8. The molecule has 0 unspecified atom stereocenters. The number of esters is 1. The quantitative estimate of drug-likeness (QED) is 0.397. The summed E-state index contributed by atoms with van der Waals surface area (Å²) in [7, 11) is 0. The number of allylic oxidation sites excluding steroid dienone is 1. The number of hydrogen-bond acceptors (Lipinski definition) is 5. The number of thiophene rings is 2. The lowest BCUT2D eigenvalue weighted by Crippen LogP contribution is -2.65. The number of carbonyl (C=O) groups excluding carboxylic acids is 1.